The Morgan fingerprint density at radius 1 is 1.00 bits per heavy atom. The lowest BCUT2D eigenvalue weighted by molar-refractivity contribution is 0.112. The van der Waals surface area contributed by atoms with Crippen LogP contribution in [-0.2, 0) is 6.54 Å². The van der Waals surface area contributed by atoms with E-state index in [0.29, 0.717) is 5.56 Å². The zero-order valence-electron chi connectivity index (χ0n) is 17.8. The SMILES string of the molecule is COc1ccc(Cn2cc(-c3ccc(-n4ccc5cc(C=O)cnc54)cn3)nc2C)cc1. The molecular weight excluding hydrogens is 402 g/mol. The lowest BCUT2D eigenvalue weighted by atomic mass is 10.2. The van der Waals surface area contributed by atoms with E-state index in [4.69, 9.17) is 9.72 Å². The lowest BCUT2D eigenvalue weighted by Gasteiger charge is -2.06. The Balaban J connectivity index is 1.39. The van der Waals surface area contributed by atoms with Crippen LogP contribution in [0, 0.1) is 6.92 Å². The molecule has 7 heteroatoms. The molecule has 7 nitrogen and oxygen atoms in total. The molecule has 0 saturated heterocycles. The maximum Gasteiger partial charge on any atom is 0.151 e. The molecule has 4 heterocycles. The molecule has 4 aromatic heterocycles. The fraction of sp³-hybridized carbons (Fsp3) is 0.120. The van der Waals surface area contributed by atoms with Crippen LogP contribution < -0.4 is 4.74 Å². The first-order valence-corrected chi connectivity index (χ1v) is 10.2. The predicted molar refractivity (Wildman–Crippen MR) is 122 cm³/mol. The van der Waals surface area contributed by atoms with Gasteiger partial charge < -0.3 is 9.30 Å². The van der Waals surface area contributed by atoms with Crippen LogP contribution in [0.25, 0.3) is 28.1 Å². The van der Waals surface area contributed by atoms with E-state index < -0.39 is 0 Å². The monoisotopic (exact) mass is 423 g/mol. The number of aldehydes is 1. The van der Waals surface area contributed by atoms with Gasteiger partial charge >= 0.3 is 0 Å². The van der Waals surface area contributed by atoms with Crippen LogP contribution in [0.15, 0.2) is 73.3 Å². The van der Waals surface area contributed by atoms with E-state index in [-0.39, 0.29) is 0 Å². The molecule has 5 aromatic rings. The molecule has 0 aliphatic heterocycles. The van der Waals surface area contributed by atoms with Gasteiger partial charge in [-0.25, -0.2) is 9.97 Å². The molecule has 0 aliphatic carbocycles. The number of methoxy groups -OCH3 is 1. The third kappa shape index (κ3) is 3.65. The molecule has 0 spiro atoms. The standard InChI is InChI=1S/C25H21N5O2/c1-17-28-24(15-29(17)14-18-3-6-22(32-2)7-4-18)23-8-5-21(13-26-23)30-10-9-20-11-19(16-31)12-27-25(20)30/h3-13,15-16H,14H2,1-2H3. The van der Waals surface area contributed by atoms with Crippen molar-refractivity contribution < 1.29 is 9.53 Å². The summed E-state index contributed by atoms with van der Waals surface area (Å²) in [6, 6.07) is 15.7. The Labute approximate surface area is 185 Å². The van der Waals surface area contributed by atoms with Crippen molar-refractivity contribution in [2.24, 2.45) is 0 Å². The summed E-state index contributed by atoms with van der Waals surface area (Å²) in [6.45, 7) is 2.72. The molecule has 0 fully saturated rings. The van der Waals surface area contributed by atoms with Crippen molar-refractivity contribution in [1.29, 1.82) is 0 Å². The molecule has 0 N–H and O–H groups in total. The Hall–Kier alpha value is -4.26. The van der Waals surface area contributed by atoms with E-state index in [0.717, 1.165) is 52.5 Å². The second kappa shape index (κ2) is 8.11. The Morgan fingerprint density at radius 2 is 1.84 bits per heavy atom. The Kier molecular flexibility index (Phi) is 4.99. The Bertz CT molecular complexity index is 1400. The number of hydrogen-bond acceptors (Lipinski definition) is 5. The highest BCUT2D eigenvalue weighted by atomic mass is 16.5. The number of fused-ring (bicyclic) bond motifs is 1. The molecule has 0 radical (unpaired) electrons. The molecule has 1 aromatic carbocycles. The minimum atomic E-state index is 0.560. The molecule has 32 heavy (non-hydrogen) atoms. The van der Waals surface area contributed by atoms with E-state index in [1.165, 1.54) is 5.56 Å². The quantitative estimate of drug-likeness (QED) is 0.377. The summed E-state index contributed by atoms with van der Waals surface area (Å²) in [5.74, 6) is 1.77. The molecule has 0 atom stereocenters. The first-order chi connectivity index (χ1) is 15.6. The minimum Gasteiger partial charge on any atom is -0.497 e. The van der Waals surface area contributed by atoms with E-state index in [1.54, 1.807) is 13.3 Å². The number of rotatable bonds is 6. The third-order valence-electron chi connectivity index (χ3n) is 5.46. The summed E-state index contributed by atoms with van der Waals surface area (Å²) >= 11 is 0. The minimum absolute atomic E-state index is 0.560. The highest BCUT2D eigenvalue weighted by Gasteiger charge is 2.10. The summed E-state index contributed by atoms with van der Waals surface area (Å²) in [6.07, 6.45) is 8.13. The van der Waals surface area contributed by atoms with Crippen LogP contribution in [0.5, 0.6) is 5.75 Å². The van der Waals surface area contributed by atoms with Crippen molar-refractivity contribution in [1.82, 2.24) is 24.1 Å². The molecule has 0 bridgehead atoms. The van der Waals surface area contributed by atoms with Gasteiger partial charge in [0.15, 0.2) is 6.29 Å². The first-order valence-electron chi connectivity index (χ1n) is 10.2. The van der Waals surface area contributed by atoms with Crippen LogP contribution >= 0.6 is 0 Å². The van der Waals surface area contributed by atoms with Gasteiger partial charge in [-0.05, 0) is 48.9 Å². The third-order valence-corrected chi connectivity index (χ3v) is 5.46. The summed E-state index contributed by atoms with van der Waals surface area (Å²) < 4.78 is 9.29. The van der Waals surface area contributed by atoms with Gasteiger partial charge in [-0.1, -0.05) is 12.1 Å². The van der Waals surface area contributed by atoms with Gasteiger partial charge in [-0.15, -0.1) is 0 Å². The zero-order chi connectivity index (χ0) is 22.1. The number of carbonyl (C=O) groups excluding carboxylic acids is 1. The largest absolute Gasteiger partial charge is 0.497 e. The van der Waals surface area contributed by atoms with Gasteiger partial charge in [0.2, 0.25) is 0 Å². The summed E-state index contributed by atoms with van der Waals surface area (Å²) in [7, 11) is 1.67. The zero-order valence-corrected chi connectivity index (χ0v) is 17.8. The number of hydrogen-bond donors (Lipinski definition) is 0. The molecule has 0 saturated carbocycles. The van der Waals surface area contributed by atoms with Crippen molar-refractivity contribution in [2.45, 2.75) is 13.5 Å². The molecular formula is C25H21N5O2. The van der Waals surface area contributed by atoms with Crippen LogP contribution in [0.4, 0.5) is 0 Å². The second-order valence-corrected chi connectivity index (χ2v) is 7.54. The maximum absolute atomic E-state index is 11.0. The van der Waals surface area contributed by atoms with Gasteiger partial charge in [0, 0.05) is 36.1 Å². The number of imidazole rings is 1. The van der Waals surface area contributed by atoms with E-state index in [1.807, 2.05) is 66.5 Å². The van der Waals surface area contributed by atoms with E-state index >= 15 is 0 Å². The van der Waals surface area contributed by atoms with Gasteiger partial charge in [-0.2, -0.15) is 0 Å². The highest BCUT2D eigenvalue weighted by molar-refractivity contribution is 5.85. The van der Waals surface area contributed by atoms with E-state index in [9.17, 15) is 4.79 Å². The summed E-state index contributed by atoms with van der Waals surface area (Å²) in [5, 5.41) is 0.909. The topological polar surface area (TPSA) is 74.8 Å². The van der Waals surface area contributed by atoms with Crippen molar-refractivity contribution in [3.8, 4) is 22.8 Å². The number of pyridine rings is 2. The van der Waals surface area contributed by atoms with Crippen LogP contribution in [-0.4, -0.2) is 37.5 Å². The van der Waals surface area contributed by atoms with E-state index in [2.05, 4.69) is 26.7 Å². The normalized spacial score (nSPS) is 11.1. The van der Waals surface area contributed by atoms with Crippen LogP contribution in [0.3, 0.4) is 0 Å². The average molecular weight is 423 g/mol. The van der Waals surface area contributed by atoms with Crippen molar-refractivity contribution in [3.05, 3.63) is 90.3 Å². The number of nitrogens with zero attached hydrogens (tertiary/aromatic N) is 5. The summed E-state index contributed by atoms with van der Waals surface area (Å²) in [4.78, 5) is 24.7. The number of aryl methyl sites for hydroxylation is 1. The molecule has 0 amide bonds. The number of benzene rings is 1. The first kappa shape index (κ1) is 19.7. The average Bonchev–Trinajstić information content (AvgIpc) is 3.42. The van der Waals surface area contributed by atoms with Crippen LogP contribution in [0.1, 0.15) is 21.7 Å². The smallest absolute Gasteiger partial charge is 0.151 e. The lowest BCUT2D eigenvalue weighted by Crippen LogP contribution is -2.00. The van der Waals surface area contributed by atoms with Crippen molar-refractivity contribution >= 4 is 17.3 Å². The van der Waals surface area contributed by atoms with Crippen molar-refractivity contribution in [2.75, 3.05) is 7.11 Å². The predicted octanol–water partition coefficient (Wildman–Crippen LogP) is 4.46. The number of ether oxygens (including phenoxy) is 1. The fourth-order valence-corrected chi connectivity index (χ4v) is 3.71. The Morgan fingerprint density at radius 3 is 2.56 bits per heavy atom. The highest BCUT2D eigenvalue weighted by Crippen LogP contribution is 2.22. The van der Waals surface area contributed by atoms with Gasteiger partial charge in [0.1, 0.15) is 22.9 Å². The molecule has 0 aliphatic rings. The molecule has 0 unspecified atom stereocenters. The number of carbonyl (C=O) groups is 1. The maximum atomic E-state index is 11.0. The van der Waals surface area contributed by atoms with Gasteiger partial charge in [0.25, 0.3) is 0 Å². The fourth-order valence-electron chi connectivity index (χ4n) is 3.71. The van der Waals surface area contributed by atoms with Crippen LogP contribution in [0.2, 0.25) is 0 Å². The number of aromatic nitrogens is 5. The molecule has 158 valence electrons. The van der Waals surface area contributed by atoms with Crippen molar-refractivity contribution in [3.63, 3.8) is 0 Å². The van der Waals surface area contributed by atoms with Gasteiger partial charge in [0.05, 0.1) is 24.7 Å². The summed E-state index contributed by atoms with van der Waals surface area (Å²) in [5.41, 5.74) is 5.04. The second-order valence-electron chi connectivity index (χ2n) is 7.54. The van der Waals surface area contributed by atoms with Gasteiger partial charge in [-0.3, -0.25) is 14.3 Å². The molecule has 5 rings (SSSR count).